The van der Waals surface area contributed by atoms with E-state index in [4.69, 9.17) is 5.73 Å². The molecule has 1 fully saturated rings. The molecule has 0 aromatic carbocycles. The van der Waals surface area contributed by atoms with Crippen molar-refractivity contribution in [3.8, 4) is 0 Å². The molecule has 0 amide bonds. The van der Waals surface area contributed by atoms with E-state index < -0.39 is 0 Å². The number of hydrogen-bond donors (Lipinski definition) is 1. The van der Waals surface area contributed by atoms with Crippen LogP contribution in [0.3, 0.4) is 0 Å². The number of imidazole rings is 1. The standard InChI is InChI=1S/C10H13N3S/c1-6-9(8-4-7(8)5-11)13-2-3-14-10(13)12-6/h2-3,7-8H,4-5,11H2,1H3. The number of fused-ring (bicyclic) bond motifs is 1. The summed E-state index contributed by atoms with van der Waals surface area (Å²) in [5.41, 5.74) is 8.24. The Morgan fingerprint density at radius 3 is 3.29 bits per heavy atom. The van der Waals surface area contributed by atoms with Crippen molar-refractivity contribution in [2.75, 3.05) is 6.54 Å². The molecule has 1 aliphatic carbocycles. The Hall–Kier alpha value is -0.870. The van der Waals surface area contributed by atoms with Crippen LogP contribution in [0, 0.1) is 12.8 Å². The Labute approximate surface area is 86.6 Å². The number of nitrogens with two attached hydrogens (primary N) is 1. The molecule has 0 aliphatic heterocycles. The second-order valence-electron chi connectivity index (χ2n) is 3.98. The van der Waals surface area contributed by atoms with Crippen LogP contribution >= 0.6 is 11.3 Å². The predicted molar refractivity (Wildman–Crippen MR) is 57.7 cm³/mol. The van der Waals surface area contributed by atoms with Crippen LogP contribution < -0.4 is 5.73 Å². The Balaban J connectivity index is 2.10. The Bertz CT molecular complexity index is 471. The third-order valence-electron chi connectivity index (χ3n) is 3.06. The maximum atomic E-state index is 5.67. The van der Waals surface area contributed by atoms with Gasteiger partial charge in [0.15, 0.2) is 4.96 Å². The molecule has 74 valence electrons. The monoisotopic (exact) mass is 207 g/mol. The van der Waals surface area contributed by atoms with Crippen molar-refractivity contribution in [1.82, 2.24) is 9.38 Å². The summed E-state index contributed by atoms with van der Waals surface area (Å²) in [6.45, 7) is 2.91. The van der Waals surface area contributed by atoms with E-state index in [1.165, 1.54) is 17.8 Å². The van der Waals surface area contributed by atoms with Crippen molar-refractivity contribution in [3.05, 3.63) is 23.0 Å². The molecule has 2 atom stereocenters. The average Bonchev–Trinajstić information content (AvgIpc) is 2.68. The van der Waals surface area contributed by atoms with Gasteiger partial charge in [-0.2, -0.15) is 0 Å². The highest BCUT2D eigenvalue weighted by molar-refractivity contribution is 7.15. The molecule has 3 nitrogen and oxygen atoms in total. The highest BCUT2D eigenvalue weighted by Crippen LogP contribution is 2.47. The van der Waals surface area contributed by atoms with Gasteiger partial charge in [0, 0.05) is 23.2 Å². The second kappa shape index (κ2) is 2.81. The lowest BCUT2D eigenvalue weighted by molar-refractivity contribution is 0.789. The summed E-state index contributed by atoms with van der Waals surface area (Å²) in [4.78, 5) is 5.66. The van der Waals surface area contributed by atoms with Crippen LogP contribution in [0.4, 0.5) is 0 Å². The van der Waals surface area contributed by atoms with Crippen molar-refractivity contribution in [2.24, 2.45) is 11.7 Å². The van der Waals surface area contributed by atoms with Gasteiger partial charge in [-0.1, -0.05) is 0 Å². The Morgan fingerprint density at radius 2 is 2.57 bits per heavy atom. The lowest BCUT2D eigenvalue weighted by Gasteiger charge is -1.98. The van der Waals surface area contributed by atoms with Crippen molar-refractivity contribution >= 4 is 16.3 Å². The van der Waals surface area contributed by atoms with Gasteiger partial charge in [-0.3, -0.25) is 4.40 Å². The van der Waals surface area contributed by atoms with Gasteiger partial charge in [0.05, 0.1) is 5.69 Å². The first-order valence-electron chi connectivity index (χ1n) is 4.93. The molecule has 2 unspecified atom stereocenters. The molecule has 2 aromatic rings. The molecule has 14 heavy (non-hydrogen) atoms. The fourth-order valence-corrected chi connectivity index (χ4v) is 2.97. The van der Waals surface area contributed by atoms with Gasteiger partial charge in [-0.25, -0.2) is 4.98 Å². The van der Waals surface area contributed by atoms with Crippen LogP contribution in [-0.2, 0) is 0 Å². The molecule has 4 heteroatoms. The van der Waals surface area contributed by atoms with Gasteiger partial charge >= 0.3 is 0 Å². The molecule has 2 aromatic heterocycles. The zero-order valence-electron chi connectivity index (χ0n) is 8.10. The van der Waals surface area contributed by atoms with Crippen molar-refractivity contribution in [2.45, 2.75) is 19.3 Å². The van der Waals surface area contributed by atoms with Gasteiger partial charge in [0.25, 0.3) is 0 Å². The van der Waals surface area contributed by atoms with E-state index in [1.807, 2.05) is 0 Å². The van der Waals surface area contributed by atoms with E-state index in [1.54, 1.807) is 11.3 Å². The average molecular weight is 207 g/mol. The molecule has 1 aliphatic rings. The summed E-state index contributed by atoms with van der Waals surface area (Å²) < 4.78 is 2.22. The quantitative estimate of drug-likeness (QED) is 0.815. The largest absolute Gasteiger partial charge is 0.330 e. The van der Waals surface area contributed by atoms with Crippen LogP contribution in [0.5, 0.6) is 0 Å². The minimum atomic E-state index is 0.657. The lowest BCUT2D eigenvalue weighted by atomic mass is 10.2. The van der Waals surface area contributed by atoms with E-state index >= 15 is 0 Å². The van der Waals surface area contributed by atoms with Crippen molar-refractivity contribution < 1.29 is 0 Å². The van der Waals surface area contributed by atoms with Gasteiger partial charge in [-0.15, -0.1) is 11.3 Å². The van der Waals surface area contributed by atoms with Crippen LogP contribution in [0.1, 0.15) is 23.7 Å². The van der Waals surface area contributed by atoms with Crippen LogP contribution in [0.25, 0.3) is 4.96 Å². The molecule has 0 saturated heterocycles. The normalized spacial score (nSPS) is 25.9. The Morgan fingerprint density at radius 1 is 1.71 bits per heavy atom. The minimum Gasteiger partial charge on any atom is -0.330 e. The summed E-state index contributed by atoms with van der Waals surface area (Å²) in [6.07, 6.45) is 3.35. The van der Waals surface area contributed by atoms with Gasteiger partial charge in [0.2, 0.25) is 0 Å². The molecule has 1 saturated carbocycles. The van der Waals surface area contributed by atoms with Crippen LogP contribution in [0.2, 0.25) is 0 Å². The smallest absolute Gasteiger partial charge is 0.194 e. The molecule has 0 bridgehead atoms. The molecular formula is C10H13N3S. The molecular weight excluding hydrogens is 194 g/mol. The van der Waals surface area contributed by atoms with E-state index in [2.05, 4.69) is 27.9 Å². The molecule has 2 heterocycles. The third kappa shape index (κ3) is 1.04. The van der Waals surface area contributed by atoms with Crippen molar-refractivity contribution in [3.63, 3.8) is 0 Å². The number of aryl methyl sites for hydroxylation is 1. The zero-order chi connectivity index (χ0) is 9.71. The van der Waals surface area contributed by atoms with Gasteiger partial charge in [0.1, 0.15) is 0 Å². The van der Waals surface area contributed by atoms with Crippen molar-refractivity contribution in [1.29, 1.82) is 0 Å². The summed E-state index contributed by atoms with van der Waals surface area (Å²) in [5.74, 6) is 1.35. The summed E-state index contributed by atoms with van der Waals surface area (Å²) in [7, 11) is 0. The lowest BCUT2D eigenvalue weighted by Crippen LogP contribution is -2.03. The zero-order valence-corrected chi connectivity index (χ0v) is 8.92. The molecule has 2 N–H and O–H groups in total. The number of thiazole rings is 1. The van der Waals surface area contributed by atoms with E-state index in [0.717, 1.165) is 11.5 Å². The molecule has 0 radical (unpaired) electrons. The minimum absolute atomic E-state index is 0.657. The highest BCUT2D eigenvalue weighted by atomic mass is 32.1. The fourth-order valence-electron chi connectivity index (χ4n) is 2.20. The molecule has 0 spiro atoms. The second-order valence-corrected chi connectivity index (χ2v) is 4.85. The first kappa shape index (κ1) is 8.44. The van der Waals surface area contributed by atoms with Gasteiger partial charge in [-0.05, 0) is 25.8 Å². The highest BCUT2D eigenvalue weighted by Gasteiger charge is 2.40. The maximum absolute atomic E-state index is 5.67. The maximum Gasteiger partial charge on any atom is 0.194 e. The Kier molecular flexibility index (Phi) is 1.69. The first-order chi connectivity index (χ1) is 6.81. The number of hydrogen-bond acceptors (Lipinski definition) is 3. The number of aromatic nitrogens is 2. The summed E-state index contributed by atoms with van der Waals surface area (Å²) >= 11 is 1.70. The van der Waals surface area contributed by atoms with E-state index in [9.17, 15) is 0 Å². The summed E-state index contributed by atoms with van der Waals surface area (Å²) in [5, 5.41) is 2.09. The summed E-state index contributed by atoms with van der Waals surface area (Å²) in [6, 6.07) is 0. The number of rotatable bonds is 2. The fraction of sp³-hybridized carbons (Fsp3) is 0.500. The topological polar surface area (TPSA) is 43.3 Å². The van der Waals surface area contributed by atoms with Crippen LogP contribution in [-0.4, -0.2) is 15.9 Å². The predicted octanol–water partition coefficient (Wildman–Crippen LogP) is 1.77. The molecule has 3 rings (SSSR count). The van der Waals surface area contributed by atoms with E-state index in [-0.39, 0.29) is 0 Å². The van der Waals surface area contributed by atoms with E-state index in [0.29, 0.717) is 11.8 Å². The van der Waals surface area contributed by atoms with Crippen LogP contribution in [0.15, 0.2) is 11.6 Å². The third-order valence-corrected chi connectivity index (χ3v) is 3.82. The first-order valence-corrected chi connectivity index (χ1v) is 5.81. The SMILES string of the molecule is Cc1nc2sccn2c1C1CC1CN. The number of nitrogens with zero attached hydrogens (tertiary/aromatic N) is 2. The van der Waals surface area contributed by atoms with Gasteiger partial charge < -0.3 is 5.73 Å².